The van der Waals surface area contributed by atoms with Crippen LogP contribution in [0.15, 0.2) is 35.1 Å². The fourth-order valence-corrected chi connectivity index (χ4v) is 2.30. The molecule has 6 nitrogen and oxygen atoms in total. The van der Waals surface area contributed by atoms with Gasteiger partial charge in [-0.05, 0) is 32.0 Å². The topological polar surface area (TPSA) is 81.2 Å². The van der Waals surface area contributed by atoms with Gasteiger partial charge in [0.1, 0.15) is 0 Å². The smallest absolute Gasteiger partial charge is 0.336 e. The Balaban J connectivity index is 0.00000364. The van der Waals surface area contributed by atoms with E-state index in [9.17, 15) is 22.8 Å². The van der Waals surface area contributed by atoms with Crippen LogP contribution >= 0.6 is 12.4 Å². The Morgan fingerprint density at radius 3 is 2.52 bits per heavy atom. The third-order valence-corrected chi connectivity index (χ3v) is 4.05. The second-order valence-corrected chi connectivity index (χ2v) is 5.96. The highest BCUT2D eigenvalue weighted by molar-refractivity contribution is 5.92. The number of likely N-dealkylation sites (N-methyl/N-ethyl adjacent to an activating group) is 1. The maximum Gasteiger partial charge on any atom is 0.416 e. The standard InChI is InChI=1S/C17H19F3N4O2.ClH/c1-10-7-14(25)15(16(26)23(3)11(2)9-21)22-24(10)13-6-4-5-12(8-13)17(18,19)20;/h4-8,11H,9,21H2,1-3H3;1H. The minimum atomic E-state index is -4.52. The molecule has 2 N–H and O–H groups in total. The Bertz CT molecular complexity index is 883. The molecule has 27 heavy (non-hydrogen) atoms. The Hall–Kier alpha value is -2.39. The second kappa shape index (κ2) is 8.53. The van der Waals surface area contributed by atoms with Gasteiger partial charge in [0.05, 0.1) is 11.3 Å². The van der Waals surface area contributed by atoms with Crippen LogP contribution in [0.5, 0.6) is 0 Å². The number of hydrogen-bond acceptors (Lipinski definition) is 4. The molecule has 1 amide bonds. The molecule has 0 bridgehead atoms. The molecule has 1 heterocycles. The summed E-state index contributed by atoms with van der Waals surface area (Å²) in [5.41, 5.74) is 4.10. The summed E-state index contributed by atoms with van der Waals surface area (Å²) in [6, 6.07) is 5.34. The van der Waals surface area contributed by atoms with Crippen LogP contribution in [-0.2, 0) is 6.18 Å². The van der Waals surface area contributed by atoms with Crippen LogP contribution in [0, 0.1) is 6.92 Å². The Morgan fingerprint density at radius 2 is 1.96 bits per heavy atom. The number of nitrogens with zero attached hydrogens (tertiary/aromatic N) is 3. The number of nitrogens with two attached hydrogens (primary N) is 1. The van der Waals surface area contributed by atoms with Gasteiger partial charge in [0.25, 0.3) is 5.91 Å². The number of aryl methyl sites for hydroxylation is 1. The van der Waals surface area contributed by atoms with Crippen molar-refractivity contribution in [3.63, 3.8) is 0 Å². The minimum absolute atomic E-state index is 0. The van der Waals surface area contributed by atoms with E-state index < -0.39 is 23.1 Å². The van der Waals surface area contributed by atoms with Crippen LogP contribution in [0.2, 0.25) is 0 Å². The molecule has 1 atom stereocenters. The SMILES string of the molecule is Cc1cc(=O)c(C(=O)N(C)C(C)CN)nn1-c1cccc(C(F)(F)F)c1.Cl. The highest BCUT2D eigenvalue weighted by atomic mass is 35.5. The molecule has 1 unspecified atom stereocenters. The van der Waals surface area contributed by atoms with Crippen LogP contribution in [0.4, 0.5) is 13.2 Å². The summed E-state index contributed by atoms with van der Waals surface area (Å²) in [7, 11) is 1.48. The molecule has 1 aromatic heterocycles. The average molecular weight is 405 g/mol. The summed E-state index contributed by atoms with van der Waals surface area (Å²) in [5.74, 6) is -0.645. The van der Waals surface area contributed by atoms with Gasteiger partial charge in [-0.2, -0.15) is 18.3 Å². The fraction of sp³-hybridized carbons (Fsp3) is 0.353. The van der Waals surface area contributed by atoms with Crippen LogP contribution in [0.3, 0.4) is 0 Å². The van der Waals surface area contributed by atoms with E-state index in [1.165, 1.54) is 37.1 Å². The molecule has 2 aromatic rings. The number of aromatic nitrogens is 2. The highest BCUT2D eigenvalue weighted by Gasteiger charge is 2.31. The van der Waals surface area contributed by atoms with Gasteiger partial charge >= 0.3 is 6.18 Å². The number of alkyl halides is 3. The van der Waals surface area contributed by atoms with Crippen molar-refractivity contribution in [1.29, 1.82) is 0 Å². The molecule has 0 radical (unpaired) electrons. The molecule has 0 spiro atoms. The molecule has 0 aliphatic rings. The normalized spacial score (nSPS) is 12.3. The lowest BCUT2D eigenvalue weighted by Crippen LogP contribution is -2.42. The van der Waals surface area contributed by atoms with Crippen molar-refractivity contribution >= 4 is 18.3 Å². The molecule has 10 heteroatoms. The number of hydrogen-bond donors (Lipinski definition) is 1. The first-order valence-corrected chi connectivity index (χ1v) is 7.82. The highest BCUT2D eigenvalue weighted by Crippen LogP contribution is 2.30. The van der Waals surface area contributed by atoms with Gasteiger partial charge in [-0.15, -0.1) is 12.4 Å². The predicted molar refractivity (Wildman–Crippen MR) is 97.4 cm³/mol. The Labute approximate surface area is 160 Å². The molecule has 0 aliphatic carbocycles. The lowest BCUT2D eigenvalue weighted by Gasteiger charge is -2.23. The lowest BCUT2D eigenvalue weighted by molar-refractivity contribution is -0.137. The molecule has 2 rings (SSSR count). The van der Waals surface area contributed by atoms with E-state index in [0.717, 1.165) is 16.8 Å². The number of amides is 1. The van der Waals surface area contributed by atoms with Crippen molar-refractivity contribution in [2.24, 2.45) is 5.73 Å². The quantitative estimate of drug-likeness (QED) is 0.848. The maximum atomic E-state index is 12.9. The lowest BCUT2D eigenvalue weighted by atomic mass is 10.2. The summed E-state index contributed by atoms with van der Waals surface area (Å²) >= 11 is 0. The van der Waals surface area contributed by atoms with Gasteiger partial charge in [0, 0.05) is 31.4 Å². The van der Waals surface area contributed by atoms with Crippen molar-refractivity contribution in [3.8, 4) is 5.69 Å². The summed E-state index contributed by atoms with van der Waals surface area (Å²) in [4.78, 5) is 25.9. The van der Waals surface area contributed by atoms with Gasteiger partial charge in [0.2, 0.25) is 5.43 Å². The number of carbonyl (C=O) groups is 1. The molecule has 0 saturated carbocycles. The third kappa shape index (κ3) is 4.86. The second-order valence-electron chi connectivity index (χ2n) is 5.96. The summed E-state index contributed by atoms with van der Waals surface area (Å²) < 4.78 is 40.0. The van der Waals surface area contributed by atoms with Crippen LogP contribution in [0.1, 0.15) is 28.7 Å². The van der Waals surface area contributed by atoms with E-state index in [1.807, 2.05) is 0 Å². The summed E-state index contributed by atoms with van der Waals surface area (Å²) in [6.07, 6.45) is -4.52. The van der Waals surface area contributed by atoms with Crippen molar-refractivity contribution in [2.75, 3.05) is 13.6 Å². The monoisotopic (exact) mass is 404 g/mol. The van der Waals surface area contributed by atoms with Crippen molar-refractivity contribution in [3.05, 3.63) is 57.5 Å². The predicted octanol–water partition coefficient (Wildman–Crippen LogP) is 2.40. The molecule has 0 saturated heterocycles. The van der Waals surface area contributed by atoms with Crippen LogP contribution in [0.25, 0.3) is 5.69 Å². The molecule has 0 aliphatic heterocycles. The first-order valence-electron chi connectivity index (χ1n) is 7.82. The summed E-state index contributed by atoms with van der Waals surface area (Å²) in [5, 5.41) is 4.01. The van der Waals surface area contributed by atoms with Crippen molar-refractivity contribution in [2.45, 2.75) is 26.1 Å². The van der Waals surface area contributed by atoms with Crippen molar-refractivity contribution < 1.29 is 18.0 Å². The average Bonchev–Trinajstić information content (AvgIpc) is 2.59. The van der Waals surface area contributed by atoms with E-state index in [0.29, 0.717) is 5.69 Å². The van der Waals surface area contributed by atoms with Gasteiger partial charge in [-0.25, -0.2) is 4.68 Å². The number of carbonyl (C=O) groups excluding carboxylic acids is 1. The van der Waals surface area contributed by atoms with E-state index in [4.69, 9.17) is 5.73 Å². The van der Waals surface area contributed by atoms with E-state index in [1.54, 1.807) is 6.92 Å². The Morgan fingerprint density at radius 1 is 1.33 bits per heavy atom. The fourth-order valence-electron chi connectivity index (χ4n) is 2.30. The van der Waals surface area contributed by atoms with Gasteiger partial charge in [-0.3, -0.25) is 9.59 Å². The van der Waals surface area contributed by atoms with Crippen molar-refractivity contribution in [1.82, 2.24) is 14.7 Å². The van der Waals surface area contributed by atoms with Crippen LogP contribution < -0.4 is 11.2 Å². The van der Waals surface area contributed by atoms with Crippen LogP contribution in [-0.4, -0.2) is 40.2 Å². The number of halogens is 4. The zero-order valence-electron chi connectivity index (χ0n) is 14.9. The zero-order chi connectivity index (χ0) is 19.6. The Kier molecular flexibility index (Phi) is 7.16. The zero-order valence-corrected chi connectivity index (χ0v) is 15.8. The minimum Gasteiger partial charge on any atom is -0.336 e. The molecule has 148 valence electrons. The molecule has 0 fully saturated rings. The van der Waals surface area contributed by atoms with Gasteiger partial charge in [-0.1, -0.05) is 6.07 Å². The van der Waals surface area contributed by atoms with E-state index in [2.05, 4.69) is 5.10 Å². The molecule has 1 aromatic carbocycles. The maximum absolute atomic E-state index is 12.9. The first kappa shape index (κ1) is 22.7. The number of benzene rings is 1. The van der Waals surface area contributed by atoms with Gasteiger partial charge < -0.3 is 10.6 Å². The molecular formula is C17H20ClF3N4O2. The number of rotatable bonds is 4. The third-order valence-electron chi connectivity index (χ3n) is 4.05. The molecular weight excluding hydrogens is 385 g/mol. The largest absolute Gasteiger partial charge is 0.416 e. The summed E-state index contributed by atoms with van der Waals surface area (Å²) in [6.45, 7) is 3.42. The first-order chi connectivity index (χ1) is 12.1. The van der Waals surface area contributed by atoms with Gasteiger partial charge in [0.15, 0.2) is 5.69 Å². The van der Waals surface area contributed by atoms with E-state index in [-0.39, 0.29) is 36.4 Å². The van der Waals surface area contributed by atoms with E-state index >= 15 is 0 Å².